The maximum Gasteiger partial charge on any atom is 0.268 e. The topological polar surface area (TPSA) is 94.9 Å². The van der Waals surface area contributed by atoms with Crippen LogP contribution in [0.4, 0.5) is 0 Å². The molecule has 2 atom stereocenters. The zero-order valence-corrected chi connectivity index (χ0v) is 25.9. The Bertz CT molecular complexity index is 1300. The molecule has 226 valence electrons. The van der Waals surface area contributed by atoms with Gasteiger partial charge in [0.2, 0.25) is 0 Å². The molecule has 0 radical (unpaired) electrons. The van der Waals surface area contributed by atoms with Crippen LogP contribution >= 0.6 is 0 Å². The van der Waals surface area contributed by atoms with E-state index in [1.54, 1.807) is 7.11 Å². The molecule has 0 saturated heterocycles. The highest BCUT2D eigenvalue weighted by atomic mass is 16.5. The predicted molar refractivity (Wildman–Crippen MR) is 169 cm³/mol. The fourth-order valence-corrected chi connectivity index (χ4v) is 6.31. The van der Waals surface area contributed by atoms with Crippen LogP contribution < -0.4 is 26.6 Å². The molecule has 2 heterocycles. The van der Waals surface area contributed by atoms with Gasteiger partial charge in [-0.25, -0.2) is 11.3 Å². The Labute approximate surface area is 251 Å². The predicted octanol–water partition coefficient (Wildman–Crippen LogP) is 5.22. The molecule has 0 aromatic heterocycles. The second-order valence-electron chi connectivity index (χ2n) is 12.1. The van der Waals surface area contributed by atoms with Crippen LogP contribution in [0.1, 0.15) is 86.3 Å². The van der Waals surface area contributed by atoms with Crippen molar-refractivity contribution in [2.24, 2.45) is 11.3 Å². The molecule has 2 aromatic carbocycles. The summed E-state index contributed by atoms with van der Waals surface area (Å²) < 4.78 is 5.36. The van der Waals surface area contributed by atoms with Gasteiger partial charge in [0.25, 0.3) is 5.91 Å². The number of carbonyl (C=O) groups is 1. The first-order valence-electron chi connectivity index (χ1n) is 15.6. The van der Waals surface area contributed by atoms with Crippen molar-refractivity contribution >= 4 is 11.6 Å². The molecule has 1 fully saturated rings. The summed E-state index contributed by atoms with van der Waals surface area (Å²) in [7, 11) is 1.69. The SMILES string of the molecule is CCC(CC)(CC)CCNC1=CC(Cc2ccc(OC)cc2)NN2C(c3ccc(C(=O)N(N)C4CC4)c(C)c3)=CNC12. The number of benzene rings is 2. The van der Waals surface area contributed by atoms with Crippen LogP contribution in [0.3, 0.4) is 0 Å². The third-order valence-electron chi connectivity index (χ3n) is 9.65. The van der Waals surface area contributed by atoms with Crippen LogP contribution in [-0.2, 0) is 6.42 Å². The zero-order chi connectivity index (χ0) is 29.9. The van der Waals surface area contributed by atoms with Crippen molar-refractivity contribution in [2.45, 2.75) is 90.9 Å². The number of rotatable bonds is 13. The number of hydrogen-bond acceptors (Lipinski definition) is 7. The number of fused-ring (bicyclic) bond motifs is 1. The third-order valence-corrected chi connectivity index (χ3v) is 9.65. The van der Waals surface area contributed by atoms with E-state index in [0.717, 1.165) is 54.8 Å². The van der Waals surface area contributed by atoms with E-state index in [9.17, 15) is 4.79 Å². The van der Waals surface area contributed by atoms with E-state index in [1.165, 1.54) is 35.5 Å². The highest BCUT2D eigenvalue weighted by molar-refractivity contribution is 5.96. The monoisotopic (exact) mass is 572 g/mol. The number of ether oxygens (including phenoxy) is 1. The molecule has 0 bridgehead atoms. The highest BCUT2D eigenvalue weighted by Gasteiger charge is 2.36. The molecule has 1 amide bonds. The standard InChI is InChI=1S/C34H48N6O2/c1-6-34(7-2,8-3)17-18-36-30-21-26(20-24-9-14-28(42-5)15-10-24)38-40-31(22-37-32(30)40)25-11-16-29(23(4)19-25)33(41)39(35)27-12-13-27/h9-11,14-16,19,21-22,26-27,32,36-38H,6-8,12-13,17-18,20,35H2,1-5H3. The molecule has 2 aliphatic heterocycles. The molecule has 1 saturated carbocycles. The minimum absolute atomic E-state index is 0.0394. The molecule has 5 N–H and O–H groups in total. The fourth-order valence-electron chi connectivity index (χ4n) is 6.31. The minimum atomic E-state index is -0.106. The van der Waals surface area contributed by atoms with Gasteiger partial charge in [-0.05, 0) is 79.5 Å². The lowest BCUT2D eigenvalue weighted by Crippen LogP contribution is -2.56. The fraction of sp³-hybridized carbons (Fsp3) is 0.500. The van der Waals surface area contributed by atoms with Crippen LogP contribution in [0.15, 0.2) is 60.4 Å². The molecule has 1 aliphatic carbocycles. The first kappa shape index (κ1) is 30.0. The van der Waals surface area contributed by atoms with Crippen molar-refractivity contribution < 1.29 is 9.53 Å². The maximum atomic E-state index is 13.0. The van der Waals surface area contributed by atoms with E-state index < -0.39 is 0 Å². The number of nitrogens with one attached hydrogen (secondary N) is 3. The van der Waals surface area contributed by atoms with Gasteiger partial charge in [-0.1, -0.05) is 58.2 Å². The zero-order valence-electron chi connectivity index (χ0n) is 25.9. The number of aryl methyl sites for hydroxylation is 1. The number of hydrogen-bond donors (Lipinski definition) is 4. The Morgan fingerprint density at radius 2 is 1.83 bits per heavy atom. The average molecular weight is 573 g/mol. The summed E-state index contributed by atoms with van der Waals surface area (Å²) in [6, 6.07) is 14.6. The molecule has 2 aromatic rings. The van der Waals surface area contributed by atoms with Crippen molar-refractivity contribution in [3.8, 4) is 5.75 Å². The molecule has 8 heteroatoms. The van der Waals surface area contributed by atoms with Gasteiger partial charge in [-0.2, -0.15) is 0 Å². The van der Waals surface area contributed by atoms with Gasteiger partial charge in [0.05, 0.1) is 24.5 Å². The summed E-state index contributed by atoms with van der Waals surface area (Å²) in [5, 5.41) is 11.1. The number of nitrogens with zero attached hydrogens (tertiary/aromatic N) is 2. The van der Waals surface area contributed by atoms with Gasteiger partial charge < -0.3 is 15.4 Å². The van der Waals surface area contributed by atoms with Crippen molar-refractivity contribution in [1.29, 1.82) is 0 Å². The Kier molecular flexibility index (Phi) is 9.13. The van der Waals surface area contributed by atoms with Gasteiger partial charge in [0.1, 0.15) is 5.75 Å². The molecule has 0 spiro atoms. The van der Waals surface area contributed by atoms with E-state index >= 15 is 0 Å². The quantitative estimate of drug-likeness (QED) is 0.149. The van der Waals surface area contributed by atoms with Crippen molar-refractivity contribution in [3.05, 3.63) is 82.7 Å². The highest BCUT2D eigenvalue weighted by Crippen LogP contribution is 2.35. The van der Waals surface area contributed by atoms with Crippen molar-refractivity contribution in [2.75, 3.05) is 13.7 Å². The average Bonchev–Trinajstić information content (AvgIpc) is 3.78. The lowest BCUT2D eigenvalue weighted by molar-refractivity contribution is 0.0742. The van der Waals surface area contributed by atoms with Crippen molar-refractivity contribution in [1.82, 2.24) is 26.1 Å². The summed E-state index contributed by atoms with van der Waals surface area (Å²) in [4.78, 5) is 13.0. The van der Waals surface area contributed by atoms with E-state index in [4.69, 9.17) is 10.6 Å². The molecule has 8 nitrogen and oxygen atoms in total. The Balaban J connectivity index is 1.36. The largest absolute Gasteiger partial charge is 0.497 e. The van der Waals surface area contributed by atoms with E-state index in [0.29, 0.717) is 11.0 Å². The summed E-state index contributed by atoms with van der Waals surface area (Å²) in [6.45, 7) is 9.87. The van der Waals surface area contributed by atoms with Crippen LogP contribution in [0, 0.1) is 12.3 Å². The third kappa shape index (κ3) is 6.30. The van der Waals surface area contributed by atoms with Crippen molar-refractivity contribution in [3.63, 3.8) is 0 Å². The lowest BCUT2D eigenvalue weighted by Gasteiger charge is -2.39. The van der Waals surface area contributed by atoms with Crippen LogP contribution in [0.2, 0.25) is 0 Å². The van der Waals surface area contributed by atoms with E-state index in [1.807, 2.05) is 31.2 Å². The minimum Gasteiger partial charge on any atom is -0.497 e. The molecule has 5 rings (SSSR count). The normalized spacial score (nSPS) is 19.9. The number of amides is 1. The molecular weight excluding hydrogens is 524 g/mol. The van der Waals surface area contributed by atoms with E-state index in [-0.39, 0.29) is 24.2 Å². The van der Waals surface area contributed by atoms with Gasteiger partial charge in [-0.15, -0.1) is 0 Å². The first-order valence-corrected chi connectivity index (χ1v) is 15.6. The summed E-state index contributed by atoms with van der Waals surface area (Å²) in [5.74, 6) is 6.85. The van der Waals surface area contributed by atoms with Gasteiger partial charge in [-0.3, -0.25) is 14.8 Å². The van der Waals surface area contributed by atoms with Gasteiger partial charge in [0.15, 0.2) is 6.17 Å². The van der Waals surface area contributed by atoms with Crippen LogP contribution in [0.25, 0.3) is 5.70 Å². The van der Waals surface area contributed by atoms with Crippen LogP contribution in [0.5, 0.6) is 5.75 Å². The van der Waals surface area contributed by atoms with E-state index in [2.05, 4.69) is 72.3 Å². The number of hydrazine groups is 2. The number of methoxy groups -OCH3 is 1. The molecule has 3 aliphatic rings. The molecular formula is C34H48N6O2. The first-order chi connectivity index (χ1) is 20.3. The van der Waals surface area contributed by atoms with Gasteiger partial charge in [0, 0.05) is 29.9 Å². The summed E-state index contributed by atoms with van der Waals surface area (Å²) >= 11 is 0. The molecule has 2 unspecified atom stereocenters. The Hall–Kier alpha value is -3.49. The smallest absolute Gasteiger partial charge is 0.268 e. The second kappa shape index (κ2) is 12.8. The van der Waals surface area contributed by atoms with Crippen LogP contribution in [-0.4, -0.2) is 47.8 Å². The lowest BCUT2D eigenvalue weighted by atomic mass is 9.77. The Morgan fingerprint density at radius 1 is 1.12 bits per heavy atom. The summed E-state index contributed by atoms with van der Waals surface area (Å²) in [5.41, 5.74) is 10.3. The second-order valence-corrected chi connectivity index (χ2v) is 12.1. The van der Waals surface area contributed by atoms with Gasteiger partial charge >= 0.3 is 0 Å². The number of carbonyl (C=O) groups excluding carboxylic acids is 1. The molecule has 42 heavy (non-hydrogen) atoms. The summed E-state index contributed by atoms with van der Waals surface area (Å²) in [6.07, 6.45) is 11.9. The number of nitrogens with two attached hydrogens (primary N) is 1. The maximum absolute atomic E-state index is 13.0. The Morgan fingerprint density at radius 3 is 2.45 bits per heavy atom.